The highest BCUT2D eigenvalue weighted by atomic mass is 31.2. The lowest BCUT2D eigenvalue weighted by Gasteiger charge is -2.17. The van der Waals surface area contributed by atoms with E-state index in [0.717, 1.165) is 39.7 Å². The summed E-state index contributed by atoms with van der Waals surface area (Å²) < 4.78 is 22.7. The number of hydrogen-bond acceptors (Lipinski definition) is 6. The van der Waals surface area contributed by atoms with Crippen molar-refractivity contribution in [2.24, 2.45) is 11.5 Å². The maximum absolute atomic E-state index is 12.3. The number of aldehydes is 1. The van der Waals surface area contributed by atoms with Gasteiger partial charge in [-0.3, -0.25) is 9.36 Å². The van der Waals surface area contributed by atoms with Crippen LogP contribution in [0, 0.1) is 0 Å². The summed E-state index contributed by atoms with van der Waals surface area (Å²) in [6, 6.07) is 52.5. The molecule has 0 unspecified atom stereocenters. The van der Waals surface area contributed by atoms with Crippen LogP contribution in [0.5, 0.6) is 0 Å². The first-order chi connectivity index (χ1) is 31.9. The molecule has 6 rings (SSSR count). The van der Waals surface area contributed by atoms with Gasteiger partial charge in [-0.1, -0.05) is 253 Å². The van der Waals surface area contributed by atoms with E-state index >= 15 is 0 Å². The van der Waals surface area contributed by atoms with E-state index in [4.69, 9.17) is 20.5 Å². The third-order valence-electron chi connectivity index (χ3n) is 8.18. The van der Waals surface area contributed by atoms with Crippen LogP contribution in [0.25, 0.3) is 34.4 Å². The predicted octanol–water partition coefficient (Wildman–Crippen LogP) is 17.2. The highest BCUT2D eigenvalue weighted by molar-refractivity contribution is 7.53. The fraction of sp³-hybridized carbons (Fsp3) is 0.328. The zero-order valence-electron chi connectivity index (χ0n) is 42.5. The van der Waals surface area contributed by atoms with Crippen molar-refractivity contribution in [1.82, 2.24) is 0 Å². The van der Waals surface area contributed by atoms with Gasteiger partial charge in [0, 0.05) is 18.7 Å². The monoisotopic (exact) mass is 905 g/mol. The lowest BCUT2D eigenvalue weighted by atomic mass is 9.99. The molecule has 0 saturated carbocycles. The molecule has 7 heteroatoms. The van der Waals surface area contributed by atoms with E-state index in [0.29, 0.717) is 32.5 Å². The lowest BCUT2D eigenvalue weighted by Crippen LogP contribution is -2.00. The summed E-state index contributed by atoms with van der Waals surface area (Å²) >= 11 is 0. The Labute approximate surface area is 397 Å². The van der Waals surface area contributed by atoms with Crippen molar-refractivity contribution in [3.8, 4) is 22.3 Å². The number of rotatable bonds is 13. The Morgan fingerprint density at radius 2 is 0.769 bits per heavy atom. The van der Waals surface area contributed by atoms with E-state index in [2.05, 4.69) is 84.9 Å². The summed E-state index contributed by atoms with van der Waals surface area (Å²) in [7, 11) is -3.00. The third kappa shape index (κ3) is 26.4. The van der Waals surface area contributed by atoms with Gasteiger partial charge in [0.2, 0.25) is 0 Å². The Morgan fingerprint density at radius 3 is 1.15 bits per heavy atom. The molecule has 6 aromatic rings. The number of nitrogens with two attached hydrogens (primary N) is 2. The largest absolute Gasteiger partial charge is 0.335 e. The van der Waals surface area contributed by atoms with Crippen LogP contribution in [0.4, 0.5) is 0 Å². The molecule has 0 aliphatic carbocycles. The van der Waals surface area contributed by atoms with E-state index in [1.54, 1.807) is 0 Å². The van der Waals surface area contributed by atoms with Crippen molar-refractivity contribution in [1.29, 1.82) is 0 Å². The molecule has 0 radical (unpaired) electrons. The smallest absolute Gasteiger partial charge is 0.326 e. The molecule has 0 aliphatic heterocycles. The molecule has 0 heterocycles. The zero-order valence-corrected chi connectivity index (χ0v) is 43.4. The molecule has 0 saturated heterocycles. The van der Waals surface area contributed by atoms with Crippen molar-refractivity contribution >= 4 is 26.0 Å². The molecule has 0 spiro atoms. The molecule has 0 aliphatic rings. The van der Waals surface area contributed by atoms with Gasteiger partial charge in [0.25, 0.3) is 0 Å². The topological polar surface area (TPSA) is 105 Å². The van der Waals surface area contributed by atoms with Crippen LogP contribution in [-0.2, 0) is 32.9 Å². The van der Waals surface area contributed by atoms with Gasteiger partial charge in [0.05, 0.1) is 19.4 Å². The highest BCUT2D eigenvalue weighted by Crippen LogP contribution is 2.51. The average Bonchev–Trinajstić information content (AvgIpc) is 3.40. The van der Waals surface area contributed by atoms with E-state index in [1.165, 1.54) is 22.3 Å². The van der Waals surface area contributed by atoms with Crippen LogP contribution in [0.3, 0.4) is 0 Å². The molecule has 6 nitrogen and oxygen atoms in total. The van der Waals surface area contributed by atoms with Crippen LogP contribution < -0.4 is 11.5 Å². The molecule has 0 bridgehead atoms. The minimum absolute atomic E-state index is 0.305. The number of benzene rings is 6. The normalized spacial score (nSPS) is 9.42. The first-order valence-corrected chi connectivity index (χ1v) is 25.5. The molecular formula is C58H85N2O4P. The Morgan fingerprint density at radius 1 is 0.431 bits per heavy atom. The highest BCUT2D eigenvalue weighted by Gasteiger charge is 2.23. The van der Waals surface area contributed by atoms with Crippen LogP contribution >= 0.6 is 7.60 Å². The standard InChI is InChI=1S/C21H19N.C13H10O.C12H20NO3P.6C2H6/c22-16-18-12-10-17(11-13-18)14-15-20-8-4-5-9-21(20)19-6-2-1-3-7-19;14-10-12-8-4-5-9-13(12)11-6-2-1-3-7-11;1-3-15-17(14,16-4-2)10-12-7-5-11(9-13)6-8-12;6*1-2/h1-15H,16,22H2;1-10H;5-8H,3-4,9-10,13H2,1-2H3;6*1-2H3/b15-14+;;;;;;;;. The summed E-state index contributed by atoms with van der Waals surface area (Å²) in [5, 5.41) is 0. The van der Waals surface area contributed by atoms with Crippen LogP contribution in [0.2, 0.25) is 0 Å². The van der Waals surface area contributed by atoms with E-state index in [9.17, 15) is 9.36 Å². The van der Waals surface area contributed by atoms with Crippen molar-refractivity contribution in [3.05, 3.63) is 191 Å². The maximum Gasteiger partial charge on any atom is 0.335 e. The third-order valence-corrected chi connectivity index (χ3v) is 10.2. The molecule has 65 heavy (non-hydrogen) atoms. The quantitative estimate of drug-likeness (QED) is 0.0679. The Kier molecular flexibility index (Phi) is 43.4. The molecule has 0 aromatic heterocycles. The fourth-order valence-corrected chi connectivity index (χ4v) is 7.18. The second kappa shape index (κ2) is 44.0. The average molecular weight is 905 g/mol. The first kappa shape index (κ1) is 64.1. The Bertz CT molecular complexity index is 2020. The number of hydrogen-bond donors (Lipinski definition) is 2. The molecule has 0 amide bonds. The molecule has 6 aromatic carbocycles. The minimum atomic E-state index is -3.00. The van der Waals surface area contributed by atoms with Crippen molar-refractivity contribution in [2.75, 3.05) is 13.2 Å². The summed E-state index contributed by atoms with van der Waals surface area (Å²) in [5.74, 6) is 0. The maximum atomic E-state index is 12.3. The van der Waals surface area contributed by atoms with E-state index < -0.39 is 7.60 Å². The summed E-state index contributed by atoms with van der Waals surface area (Å²) in [6.45, 7) is 29.5. The van der Waals surface area contributed by atoms with Gasteiger partial charge in [-0.05, 0) is 63.9 Å². The fourth-order valence-electron chi connectivity index (χ4n) is 5.48. The van der Waals surface area contributed by atoms with Crippen LogP contribution in [-0.4, -0.2) is 19.5 Å². The van der Waals surface area contributed by atoms with Crippen LogP contribution in [0.15, 0.2) is 158 Å². The molecular weight excluding hydrogens is 820 g/mol. The van der Waals surface area contributed by atoms with Gasteiger partial charge in [-0.2, -0.15) is 0 Å². The van der Waals surface area contributed by atoms with Crippen molar-refractivity contribution in [2.45, 2.75) is 116 Å². The number of carbonyl (C=O) groups is 1. The van der Waals surface area contributed by atoms with Crippen LogP contribution in [0.1, 0.15) is 135 Å². The SMILES string of the molecule is CC.CC.CC.CC.CC.CC.CCOP(=O)(Cc1ccc(CN)cc1)OCC.NCc1ccc(/C=C/c2ccccc2-c2ccccc2)cc1.O=Cc1ccccc1-c1ccccc1. The second-order valence-corrected chi connectivity index (χ2v) is 14.0. The Balaban J connectivity index is -0.000000807. The molecule has 356 valence electrons. The zero-order chi connectivity index (χ0) is 49.7. The molecule has 0 fully saturated rings. The first-order valence-electron chi connectivity index (χ1n) is 23.8. The second-order valence-electron chi connectivity index (χ2n) is 11.9. The van der Waals surface area contributed by atoms with Crippen molar-refractivity contribution < 1.29 is 18.4 Å². The summed E-state index contributed by atoms with van der Waals surface area (Å²) in [5.41, 5.74) is 22.0. The van der Waals surface area contributed by atoms with Gasteiger partial charge in [0.1, 0.15) is 0 Å². The van der Waals surface area contributed by atoms with Gasteiger partial charge in [-0.25, -0.2) is 0 Å². The predicted molar refractivity (Wildman–Crippen MR) is 289 cm³/mol. The summed E-state index contributed by atoms with van der Waals surface area (Å²) in [4.78, 5) is 10.8. The Hall–Kier alpha value is -5.20. The van der Waals surface area contributed by atoms with E-state index in [-0.39, 0.29) is 0 Å². The molecule has 4 N–H and O–H groups in total. The summed E-state index contributed by atoms with van der Waals surface area (Å²) in [6.07, 6.45) is 5.50. The van der Waals surface area contributed by atoms with E-state index in [1.807, 2.05) is 182 Å². The van der Waals surface area contributed by atoms with Gasteiger partial charge < -0.3 is 20.5 Å². The van der Waals surface area contributed by atoms with Gasteiger partial charge in [0.15, 0.2) is 6.29 Å². The minimum Gasteiger partial charge on any atom is -0.326 e. The van der Waals surface area contributed by atoms with Crippen molar-refractivity contribution in [3.63, 3.8) is 0 Å². The lowest BCUT2D eigenvalue weighted by molar-refractivity contribution is 0.112. The van der Waals surface area contributed by atoms with Gasteiger partial charge >= 0.3 is 7.60 Å². The molecule has 0 atom stereocenters. The van der Waals surface area contributed by atoms with Gasteiger partial charge in [-0.15, -0.1) is 0 Å². The number of carbonyl (C=O) groups excluding carboxylic acids is 1.